The number of aromatic nitrogens is 8. The van der Waals surface area contributed by atoms with Gasteiger partial charge in [0.05, 0.1) is 147 Å². The van der Waals surface area contributed by atoms with Crippen LogP contribution >= 0.6 is 11.3 Å². The first-order valence-corrected chi connectivity index (χ1v) is 54.7. The average molecular weight is 2040 g/mol. The minimum Gasteiger partial charge on any atom is -0.748 e. The summed E-state index contributed by atoms with van der Waals surface area (Å²) >= 11 is 1.78. The maximum absolute atomic E-state index is 12.0. The summed E-state index contributed by atoms with van der Waals surface area (Å²) in [5.74, 6) is 2.57. The number of anilines is 1. The second kappa shape index (κ2) is 63.6. The highest BCUT2D eigenvalue weighted by atomic mass is 32.2. The fourth-order valence-corrected chi connectivity index (χ4v) is 17.4. The smallest absolute Gasteiger partial charge is 0.253 e. The van der Waals surface area contributed by atoms with Gasteiger partial charge in [-0.3, -0.25) is 14.5 Å². The van der Waals surface area contributed by atoms with Crippen molar-refractivity contribution in [3.63, 3.8) is 0 Å². The van der Waals surface area contributed by atoms with E-state index in [2.05, 4.69) is 230 Å². The molecule has 30 nitrogen and oxygen atoms in total. The highest BCUT2D eigenvalue weighted by Crippen LogP contribution is 2.37. The number of hydrogen-bond donors (Lipinski definition) is 6. The van der Waals surface area contributed by atoms with Crippen molar-refractivity contribution in [3.05, 3.63) is 241 Å². The summed E-state index contributed by atoms with van der Waals surface area (Å²) in [6.45, 7) is 56.1. The molecule has 9 heterocycles. The molecule has 1 aliphatic heterocycles. The molecule has 2 amide bonds. The number of hydrogen-bond acceptors (Lipinski definition) is 22. The van der Waals surface area contributed by atoms with E-state index in [0.717, 1.165) is 85.4 Å². The number of amides is 2. The molecule has 4 aromatic carbocycles. The second-order valence-electron chi connectivity index (χ2n) is 35.3. The van der Waals surface area contributed by atoms with E-state index >= 15 is 0 Å². The predicted molar refractivity (Wildman–Crippen MR) is 569 cm³/mol. The largest absolute Gasteiger partial charge is 0.748 e. The molecular weight excluding hydrogens is 1880 g/mol. The molecule has 33 heteroatoms. The fourth-order valence-electron chi connectivity index (χ4n) is 15.4. The number of amidine groups is 1. The molecule has 0 atom stereocenters. The summed E-state index contributed by atoms with van der Waals surface area (Å²) in [6.07, 6.45) is 29.8. The zero-order valence-corrected chi connectivity index (χ0v) is 90.6. The Morgan fingerprint density at radius 2 is 0.799 bits per heavy atom. The van der Waals surface area contributed by atoms with Crippen LogP contribution in [0.3, 0.4) is 0 Å². The third-order valence-corrected chi connectivity index (χ3v) is 27.7. The molecule has 0 fully saturated rings. The van der Waals surface area contributed by atoms with Crippen molar-refractivity contribution < 1.29 is 101 Å². The second-order valence-corrected chi connectivity index (χ2v) is 39.4. The first-order valence-electron chi connectivity index (χ1n) is 50.8. The van der Waals surface area contributed by atoms with Crippen LogP contribution in [0.2, 0.25) is 0 Å². The molecule has 0 bridgehead atoms. The van der Waals surface area contributed by atoms with E-state index in [1.54, 1.807) is 78.5 Å². The van der Waals surface area contributed by atoms with Crippen molar-refractivity contribution in [2.24, 2.45) is 10.7 Å². The normalized spacial score (nSPS) is 11.9. The van der Waals surface area contributed by atoms with Crippen LogP contribution in [0, 0.1) is 48.5 Å². The molecule has 8 aromatic heterocycles. The number of aryl methyl sites for hydroxylation is 11. The van der Waals surface area contributed by atoms with Gasteiger partial charge in [-0.2, -0.15) is 0 Å². The van der Waals surface area contributed by atoms with Crippen molar-refractivity contribution in [3.8, 4) is 89.3 Å². The molecule has 0 saturated heterocycles. The Kier molecular flexibility index (Phi) is 52.8. The minimum absolute atomic E-state index is 0.0248. The Labute approximate surface area is 859 Å². The van der Waals surface area contributed by atoms with Crippen LogP contribution in [0.4, 0.5) is 11.4 Å². The number of pyridine rings is 4. The van der Waals surface area contributed by atoms with Gasteiger partial charge >= 0.3 is 0 Å². The topological polar surface area (TPSA) is 372 Å². The van der Waals surface area contributed by atoms with Crippen LogP contribution in [0.25, 0.3) is 89.3 Å². The quantitative estimate of drug-likeness (QED) is 0.00515. The van der Waals surface area contributed by atoms with Crippen molar-refractivity contribution in [2.75, 3.05) is 135 Å². The van der Waals surface area contributed by atoms with Gasteiger partial charge < -0.3 is 67.4 Å². The zero-order chi connectivity index (χ0) is 105. The van der Waals surface area contributed by atoms with Crippen LogP contribution < -0.4 is 43.6 Å². The molecular formula is C111H158N15O15S3+5. The van der Waals surface area contributed by atoms with Crippen LogP contribution in [0.15, 0.2) is 220 Å². The van der Waals surface area contributed by atoms with Crippen molar-refractivity contribution in [1.29, 1.82) is 0 Å². The van der Waals surface area contributed by atoms with Gasteiger partial charge in [0.2, 0.25) is 17.7 Å². The first-order chi connectivity index (χ1) is 69.2. The van der Waals surface area contributed by atoms with Gasteiger partial charge in [-0.1, -0.05) is 57.0 Å². The van der Waals surface area contributed by atoms with Crippen molar-refractivity contribution in [1.82, 2.24) is 24.8 Å². The number of aliphatic hydroxyl groups is 2. The van der Waals surface area contributed by atoms with Crippen LogP contribution in [0.1, 0.15) is 167 Å². The Bertz CT molecular complexity index is 6050. The molecule has 0 spiro atoms. The van der Waals surface area contributed by atoms with Gasteiger partial charge in [0.25, 0.3) is 11.8 Å². The zero-order valence-electron chi connectivity index (χ0n) is 88.1. The molecule has 0 unspecified atom stereocenters. The Balaban J connectivity index is 0.000000248. The highest BCUT2D eigenvalue weighted by molar-refractivity contribution is 7.85. The number of aliphatic hydroxyl groups excluding tert-OH is 2. The highest BCUT2D eigenvalue weighted by Gasteiger charge is 2.26. The minimum atomic E-state index is -4.23. The molecule has 1 aliphatic rings. The molecule has 0 aliphatic carbocycles. The van der Waals surface area contributed by atoms with Crippen LogP contribution in [0.5, 0.6) is 0 Å². The van der Waals surface area contributed by atoms with Gasteiger partial charge in [0.1, 0.15) is 37.0 Å². The van der Waals surface area contributed by atoms with Gasteiger partial charge in [-0.25, -0.2) is 60.0 Å². The molecule has 0 radical (unpaired) electrons. The lowest BCUT2D eigenvalue weighted by atomic mass is 10.0. The molecule has 780 valence electrons. The predicted octanol–water partition coefficient (Wildman–Crippen LogP) is 13.6. The summed E-state index contributed by atoms with van der Waals surface area (Å²) < 4.78 is 101. The van der Waals surface area contributed by atoms with E-state index in [1.807, 2.05) is 74.5 Å². The lowest BCUT2D eigenvalue weighted by molar-refractivity contribution is -0.894. The van der Waals surface area contributed by atoms with Crippen LogP contribution in [-0.4, -0.2) is 208 Å². The van der Waals surface area contributed by atoms with E-state index in [0.29, 0.717) is 87.3 Å². The Morgan fingerprint density at radius 3 is 1.17 bits per heavy atom. The third-order valence-electron chi connectivity index (χ3n) is 24.8. The molecule has 144 heavy (non-hydrogen) atoms. The maximum atomic E-state index is 12.0. The number of nitrogens with one attached hydrogen (secondary N) is 3. The van der Waals surface area contributed by atoms with Crippen molar-refractivity contribution >= 4 is 60.6 Å². The van der Waals surface area contributed by atoms with E-state index in [9.17, 15) is 35.5 Å². The van der Waals surface area contributed by atoms with Gasteiger partial charge in [0.15, 0.2) is 66.9 Å². The number of imide groups is 1. The number of carbonyl (C=O) groups is 2. The first kappa shape index (κ1) is 119. The van der Waals surface area contributed by atoms with E-state index in [4.69, 9.17) is 43.7 Å². The number of benzene rings is 4. The number of nitrogens with zero attached hydrogens (tertiary/aromatic N) is 11. The summed E-state index contributed by atoms with van der Waals surface area (Å²) in [7, 11) is -8.43. The van der Waals surface area contributed by atoms with Crippen LogP contribution in [-0.2, 0) is 65.5 Å². The number of ether oxygens (including phenoxy) is 2. The Morgan fingerprint density at radius 1 is 0.438 bits per heavy atom. The fraction of sp³-hybridized carbons (Fsp3) is 0.450. The lowest BCUT2D eigenvalue weighted by Crippen LogP contribution is -3.11. The monoisotopic (exact) mass is 2040 g/mol. The number of carbonyl (C=O) groups excluding carboxylic acids is 2. The summed E-state index contributed by atoms with van der Waals surface area (Å²) in [6, 6.07) is 40.3. The Hall–Kier alpha value is -11.6. The number of nitrogens with two attached hydrogens (primary N) is 1. The van der Waals surface area contributed by atoms with Crippen molar-refractivity contribution in [2.45, 2.75) is 202 Å². The standard InChI is InChI=1S/C29H34N4O8S.C23H28N4O6S.C21H25N2S.C20H23N2O.3C6H15N/c1-22-20-24(26-21-30-29(41-26)23-8-12-31(13-9-23)10-3-19-42(37,38)39)4-5-25(22)32(11-2-17-40-18-16-34)14-15-33-27(35)6-7-28(33)36;1-17-15-19(3-4-20(17)26-22(24)7-12-32-13-11-28)21-16-25-23(33-21)18-5-9-27(10-6-18)8-2-14-34(29,30)31;1-5-6-11-23-12-9-18(10-13-23)21-22-17(4)20(24-21)19-8-7-15(2)16(3)14-19;1-4-5-10-22-11-8-17(9-12-22)20-21-14-19(23-20)18-7-6-15(2)16(3)13-18;3*1-4-7(5-2)6-3/h4-9,12-13,20-21,34H,2-3,10-11,14-19H2,1H3;3-6,9-10,15-16,24,28H,2,7-8,11-14H2,1H3,(H,29,30,31);7-10,12-14H,5-6,11H2,1-4H3;6-9,11-14H,4-5,10H2,1-3H3;3*4-6H2,1-3H3/q;;2*+1;;;/p+3. The number of quaternary nitrogens is 3. The maximum Gasteiger partial charge on any atom is 0.253 e. The van der Waals surface area contributed by atoms with E-state index < -0.39 is 26.0 Å². The number of aliphatic imine (C=N–C) groups is 1. The molecule has 7 N–H and O–H groups in total. The lowest BCUT2D eigenvalue weighted by Gasteiger charge is -2.28. The molecule has 0 saturated carbocycles. The van der Waals surface area contributed by atoms with Gasteiger partial charge in [0, 0.05) is 175 Å². The molecule has 12 aromatic rings. The summed E-state index contributed by atoms with van der Waals surface area (Å²) in [5.41, 5.74) is 23.6. The summed E-state index contributed by atoms with van der Waals surface area (Å²) in [4.78, 5) is 56.2. The van der Waals surface area contributed by atoms with E-state index in [1.165, 1.54) is 140 Å². The average Bonchev–Trinajstić information content (AvgIpc) is 1.63. The summed E-state index contributed by atoms with van der Waals surface area (Å²) in [5, 5.41) is 18.8. The number of thiazole rings is 1. The SMILES string of the molecule is CCCC[n+]1ccc(-c2nc(C)c(-c3ccc(C)c(C)c3)s2)cc1.CCCC[n+]1ccc(-c2ncc(-c3ccc(C)c(C)c3)o2)cc1.CC[NH+](CC)CC.CC[NH+](CC)CC.CC[NH+](CC)CC.Cc1cc(-c2cnc(-c3cc[n+](CCCS(=O)(=O)[O-])cc3)o2)ccc1N(CCCOCCO)CCN1C(=O)C=CC1=O.Cc1cc(-c2cnc(-c3cc[n+](CCCS(=O)(=O)[O-])cc3)o2)ccc1N=C(N)CCOCCO. The third kappa shape index (κ3) is 41.1. The number of oxazole rings is 3. The van der Waals surface area contributed by atoms with Gasteiger partial charge in [-0.05, 0) is 199 Å². The number of rotatable bonds is 47. The van der Waals surface area contributed by atoms with Gasteiger partial charge in [-0.15, -0.1) is 11.3 Å². The van der Waals surface area contributed by atoms with E-state index in [-0.39, 0.29) is 63.4 Å². The molecule has 13 rings (SSSR count). The number of unbranched alkanes of at least 4 members (excludes halogenated alkanes) is 2.